The molecule has 7 heteroatoms. The molecular formula is C14H16N4O2S. The zero-order valence-electron chi connectivity index (χ0n) is 11.5. The van der Waals surface area contributed by atoms with Crippen molar-refractivity contribution in [3.63, 3.8) is 0 Å². The molecule has 0 spiro atoms. The number of non-ortho nitro benzene ring substituents is 1. The fraction of sp³-hybridized carbons (Fsp3) is 0.429. The Morgan fingerprint density at radius 1 is 1.38 bits per heavy atom. The summed E-state index contributed by atoms with van der Waals surface area (Å²) in [6.45, 7) is 1.01. The lowest BCUT2D eigenvalue weighted by molar-refractivity contribution is -0.384. The van der Waals surface area contributed by atoms with Crippen LogP contribution in [-0.2, 0) is 6.42 Å². The van der Waals surface area contributed by atoms with Gasteiger partial charge in [0, 0.05) is 30.2 Å². The lowest BCUT2D eigenvalue weighted by Crippen LogP contribution is -2.17. The Morgan fingerprint density at radius 3 is 3.00 bits per heavy atom. The Bertz CT molecular complexity index is 639. The summed E-state index contributed by atoms with van der Waals surface area (Å²) in [6.07, 6.45) is 4.54. The molecule has 0 atom stereocenters. The summed E-state index contributed by atoms with van der Waals surface area (Å²) in [5.41, 5.74) is 0.835. The van der Waals surface area contributed by atoms with E-state index in [-0.39, 0.29) is 5.69 Å². The summed E-state index contributed by atoms with van der Waals surface area (Å²) in [7, 11) is 0. The third-order valence-electron chi connectivity index (χ3n) is 3.35. The topological polar surface area (TPSA) is 81.0 Å². The maximum atomic E-state index is 10.8. The van der Waals surface area contributed by atoms with Gasteiger partial charge in [0.05, 0.1) is 4.92 Å². The van der Waals surface area contributed by atoms with Crippen molar-refractivity contribution < 1.29 is 4.92 Å². The highest BCUT2D eigenvalue weighted by Gasteiger charge is 2.19. The molecule has 1 fully saturated rings. The summed E-state index contributed by atoms with van der Waals surface area (Å²) in [5, 5.41) is 24.3. The molecule has 0 unspecified atom stereocenters. The third kappa shape index (κ3) is 3.83. The van der Waals surface area contributed by atoms with E-state index in [0.29, 0.717) is 0 Å². The van der Waals surface area contributed by atoms with Gasteiger partial charge in [-0.1, -0.05) is 23.5 Å². The Morgan fingerprint density at radius 2 is 2.24 bits per heavy atom. The minimum atomic E-state index is -0.394. The van der Waals surface area contributed by atoms with E-state index in [9.17, 15) is 10.1 Å². The van der Waals surface area contributed by atoms with E-state index in [2.05, 4.69) is 15.5 Å². The predicted molar refractivity (Wildman–Crippen MR) is 81.3 cm³/mol. The molecule has 21 heavy (non-hydrogen) atoms. The summed E-state index contributed by atoms with van der Waals surface area (Å²) >= 11 is 1.51. The molecule has 1 saturated carbocycles. The molecule has 0 radical (unpaired) electrons. The van der Waals surface area contributed by atoms with Crippen molar-refractivity contribution in [2.45, 2.75) is 31.7 Å². The Labute approximate surface area is 126 Å². The van der Waals surface area contributed by atoms with E-state index in [0.717, 1.165) is 41.0 Å². The molecule has 0 saturated heterocycles. The van der Waals surface area contributed by atoms with Crippen LogP contribution in [0, 0.1) is 10.1 Å². The monoisotopic (exact) mass is 304 g/mol. The quantitative estimate of drug-likeness (QED) is 0.483. The molecule has 0 bridgehead atoms. The number of hydrogen-bond donors (Lipinski definition) is 1. The van der Waals surface area contributed by atoms with Gasteiger partial charge in [-0.15, -0.1) is 10.2 Å². The standard InChI is InChI=1S/C14H16N4O2S/c19-18(20)12-4-1-3-10(9-12)14-17-16-13(21-14)5-2-8-15-11-6-7-11/h1,3-4,9,11,15H,2,5-8H2. The SMILES string of the molecule is O=[N+]([O-])c1cccc(-c2nnc(CCCNC3CC3)s2)c1. The summed E-state index contributed by atoms with van der Waals surface area (Å²) in [5.74, 6) is 0. The molecule has 1 heterocycles. The average molecular weight is 304 g/mol. The van der Waals surface area contributed by atoms with E-state index in [1.54, 1.807) is 12.1 Å². The molecule has 1 N–H and O–H groups in total. The largest absolute Gasteiger partial charge is 0.314 e. The number of hydrogen-bond acceptors (Lipinski definition) is 6. The van der Waals surface area contributed by atoms with Gasteiger partial charge in [-0.05, 0) is 25.8 Å². The smallest absolute Gasteiger partial charge is 0.270 e. The Balaban J connectivity index is 1.60. The van der Waals surface area contributed by atoms with Gasteiger partial charge in [0.2, 0.25) is 0 Å². The lowest BCUT2D eigenvalue weighted by atomic mass is 10.2. The van der Waals surface area contributed by atoms with Crippen molar-refractivity contribution in [3.8, 4) is 10.6 Å². The number of nitro groups is 1. The van der Waals surface area contributed by atoms with E-state index in [1.165, 1.54) is 30.2 Å². The van der Waals surface area contributed by atoms with Gasteiger partial charge in [-0.3, -0.25) is 10.1 Å². The second-order valence-electron chi connectivity index (χ2n) is 5.14. The molecule has 110 valence electrons. The van der Waals surface area contributed by atoms with Crippen molar-refractivity contribution in [1.82, 2.24) is 15.5 Å². The van der Waals surface area contributed by atoms with Crippen molar-refractivity contribution in [1.29, 1.82) is 0 Å². The molecule has 1 aliphatic carbocycles. The van der Waals surface area contributed by atoms with Crippen LogP contribution >= 0.6 is 11.3 Å². The van der Waals surface area contributed by atoms with Crippen LogP contribution in [0.3, 0.4) is 0 Å². The van der Waals surface area contributed by atoms with Crippen LogP contribution < -0.4 is 5.32 Å². The van der Waals surface area contributed by atoms with Gasteiger partial charge in [0.25, 0.3) is 5.69 Å². The maximum Gasteiger partial charge on any atom is 0.270 e. The van der Waals surface area contributed by atoms with Crippen LogP contribution in [0.5, 0.6) is 0 Å². The summed E-state index contributed by atoms with van der Waals surface area (Å²) in [6, 6.07) is 7.26. The second-order valence-corrected chi connectivity index (χ2v) is 6.20. The number of aryl methyl sites for hydroxylation is 1. The first-order valence-corrected chi connectivity index (χ1v) is 7.84. The summed E-state index contributed by atoms with van der Waals surface area (Å²) < 4.78 is 0. The Hall–Kier alpha value is -1.86. The van der Waals surface area contributed by atoms with Crippen LogP contribution in [0.25, 0.3) is 10.6 Å². The van der Waals surface area contributed by atoms with Gasteiger partial charge in [0.1, 0.15) is 10.0 Å². The van der Waals surface area contributed by atoms with Gasteiger partial charge < -0.3 is 5.32 Å². The number of benzene rings is 1. The van der Waals surface area contributed by atoms with Crippen molar-refractivity contribution >= 4 is 17.0 Å². The van der Waals surface area contributed by atoms with Crippen molar-refractivity contribution in [2.24, 2.45) is 0 Å². The van der Waals surface area contributed by atoms with E-state index in [4.69, 9.17) is 0 Å². The first kappa shape index (κ1) is 14.1. The van der Waals surface area contributed by atoms with Gasteiger partial charge in [-0.2, -0.15) is 0 Å². The third-order valence-corrected chi connectivity index (χ3v) is 4.38. The van der Waals surface area contributed by atoms with Crippen molar-refractivity contribution in [2.75, 3.05) is 6.54 Å². The minimum absolute atomic E-state index is 0.0814. The highest BCUT2D eigenvalue weighted by molar-refractivity contribution is 7.14. The summed E-state index contributed by atoms with van der Waals surface area (Å²) in [4.78, 5) is 10.4. The van der Waals surface area contributed by atoms with Crippen LogP contribution in [0.4, 0.5) is 5.69 Å². The molecule has 0 aliphatic heterocycles. The van der Waals surface area contributed by atoms with Crippen LogP contribution in [0.15, 0.2) is 24.3 Å². The molecule has 1 aromatic heterocycles. The highest BCUT2D eigenvalue weighted by atomic mass is 32.1. The molecule has 3 rings (SSSR count). The van der Waals surface area contributed by atoms with Gasteiger partial charge in [0.15, 0.2) is 0 Å². The average Bonchev–Trinajstić information content (AvgIpc) is 3.20. The van der Waals surface area contributed by atoms with E-state index < -0.39 is 4.92 Å². The molecule has 2 aromatic rings. The number of rotatable bonds is 7. The zero-order chi connectivity index (χ0) is 14.7. The first-order chi connectivity index (χ1) is 10.2. The van der Waals surface area contributed by atoms with Gasteiger partial charge >= 0.3 is 0 Å². The van der Waals surface area contributed by atoms with E-state index in [1.807, 2.05) is 6.07 Å². The molecule has 0 amide bonds. The first-order valence-electron chi connectivity index (χ1n) is 7.03. The van der Waals surface area contributed by atoms with Crippen molar-refractivity contribution in [3.05, 3.63) is 39.4 Å². The number of nitro benzene ring substituents is 1. The molecular weight excluding hydrogens is 288 g/mol. The maximum absolute atomic E-state index is 10.8. The van der Waals surface area contributed by atoms with Crippen LogP contribution in [0.2, 0.25) is 0 Å². The normalized spacial score (nSPS) is 14.3. The molecule has 6 nitrogen and oxygen atoms in total. The van der Waals surface area contributed by atoms with E-state index >= 15 is 0 Å². The number of nitrogens with one attached hydrogen (secondary N) is 1. The predicted octanol–water partition coefficient (Wildman–Crippen LogP) is 2.80. The van der Waals surface area contributed by atoms with Crippen LogP contribution in [0.1, 0.15) is 24.3 Å². The second kappa shape index (κ2) is 6.28. The lowest BCUT2D eigenvalue weighted by Gasteiger charge is -1.99. The fourth-order valence-corrected chi connectivity index (χ4v) is 2.93. The van der Waals surface area contributed by atoms with Gasteiger partial charge in [-0.25, -0.2) is 0 Å². The highest BCUT2D eigenvalue weighted by Crippen LogP contribution is 2.27. The number of nitrogens with zero attached hydrogens (tertiary/aromatic N) is 3. The molecule has 1 aliphatic rings. The Kier molecular flexibility index (Phi) is 4.21. The fourth-order valence-electron chi connectivity index (χ4n) is 2.06. The minimum Gasteiger partial charge on any atom is -0.314 e. The molecule has 1 aromatic carbocycles. The van der Waals surface area contributed by atoms with Crippen LogP contribution in [-0.4, -0.2) is 27.7 Å². The number of aromatic nitrogens is 2. The zero-order valence-corrected chi connectivity index (χ0v) is 12.3.